The Morgan fingerprint density at radius 1 is 0.727 bits per heavy atom. The van der Waals surface area contributed by atoms with Crippen molar-refractivity contribution >= 4 is 19.4 Å². The molecule has 179 valence electrons. The molecule has 0 saturated heterocycles. The van der Waals surface area contributed by atoms with Crippen molar-refractivity contribution in [1.82, 2.24) is 0 Å². The van der Waals surface area contributed by atoms with E-state index in [9.17, 15) is 0 Å². The maximum Gasteiger partial charge on any atom is 0.0371 e. The van der Waals surface area contributed by atoms with Crippen LogP contribution in [0.2, 0.25) is 25.2 Å². The molecule has 2 aromatic rings. The molecule has 0 bridgehead atoms. The molecular weight excluding hydrogens is 449 g/mol. The summed E-state index contributed by atoms with van der Waals surface area (Å²) in [6.07, 6.45) is 3.45. The molecule has 2 aromatic carbocycles. The molecule has 0 spiro atoms. The second kappa shape index (κ2) is 13.9. The van der Waals surface area contributed by atoms with Gasteiger partial charge < -0.3 is 9.80 Å². The summed E-state index contributed by atoms with van der Waals surface area (Å²) < 4.78 is 0. The van der Waals surface area contributed by atoms with Crippen molar-refractivity contribution in [2.24, 2.45) is 0 Å². The van der Waals surface area contributed by atoms with Crippen LogP contribution in [0, 0.1) is 19.9 Å². The summed E-state index contributed by atoms with van der Waals surface area (Å²) in [6, 6.07) is 16.2. The average molecular weight is 493 g/mol. The Kier molecular flexibility index (Phi) is 13.2. The number of para-hydroxylation sites is 2. The summed E-state index contributed by atoms with van der Waals surface area (Å²) in [4.78, 5) is 4.12. The van der Waals surface area contributed by atoms with E-state index in [1.54, 1.807) is 5.57 Å². The van der Waals surface area contributed by atoms with Gasteiger partial charge in [-0.2, -0.15) is 42.7 Å². The zero-order valence-corrected chi connectivity index (χ0v) is 25.4. The maximum atomic E-state index is 3.90. The molecule has 33 heavy (non-hydrogen) atoms. The quantitative estimate of drug-likeness (QED) is 0.320. The molecule has 0 N–H and O–H groups in total. The summed E-state index contributed by atoms with van der Waals surface area (Å²) in [5, 5.41) is 0. The molecule has 0 amide bonds. The molecule has 4 heteroatoms. The summed E-state index contributed by atoms with van der Waals surface area (Å²) in [7, 11) is 7.02. The first-order valence-corrected chi connectivity index (χ1v) is 14.8. The smallest absolute Gasteiger partial charge is 0.0371 e. The summed E-state index contributed by atoms with van der Waals surface area (Å²) in [5.74, 6) is 0. The minimum Gasteiger partial charge on any atom is -0.428 e. The van der Waals surface area contributed by atoms with Crippen molar-refractivity contribution in [3.8, 4) is 0 Å². The molecule has 1 aliphatic carbocycles. The van der Waals surface area contributed by atoms with Gasteiger partial charge in [-0.3, -0.25) is 0 Å². The molecule has 2 nitrogen and oxygen atoms in total. The van der Waals surface area contributed by atoms with Crippen LogP contribution < -0.4 is 9.80 Å². The van der Waals surface area contributed by atoms with E-state index in [2.05, 4.69) is 82.3 Å². The van der Waals surface area contributed by atoms with Crippen LogP contribution in [0.1, 0.15) is 31.9 Å². The fourth-order valence-electron chi connectivity index (χ4n) is 4.20. The van der Waals surface area contributed by atoms with E-state index in [1.165, 1.54) is 22.5 Å². The number of rotatable bonds is 3. The Bertz CT molecular complexity index is 887. The molecule has 1 atom stereocenters. The Balaban J connectivity index is 0.000000461. The van der Waals surface area contributed by atoms with E-state index in [-0.39, 0.29) is 25.8 Å². The topological polar surface area (TPSA) is 6.48 Å². The molecule has 0 saturated carbocycles. The number of benzene rings is 2. The third-order valence-corrected chi connectivity index (χ3v) is 8.25. The van der Waals surface area contributed by atoms with Gasteiger partial charge in [0, 0.05) is 33.9 Å². The molecule has 1 radical (unpaired) electrons. The van der Waals surface area contributed by atoms with Gasteiger partial charge >= 0.3 is 0 Å². The number of allylic oxidation sites excluding steroid dienone is 4. The number of hydrogen-bond acceptors (Lipinski definition) is 2. The second-order valence-corrected chi connectivity index (χ2v) is 15.3. The second-order valence-electron chi connectivity index (χ2n) is 9.96. The zero-order chi connectivity index (χ0) is 24.6. The number of nitrogens with zero attached hydrogens (tertiary/aromatic N) is 2. The van der Waals surface area contributed by atoms with Crippen LogP contribution in [0.3, 0.4) is 0 Å². The van der Waals surface area contributed by atoms with Crippen LogP contribution >= 0.6 is 0 Å². The van der Waals surface area contributed by atoms with Crippen LogP contribution in [0.15, 0.2) is 65.3 Å². The standard InChI is InChI=1S/C11H19Si.2C9H12N.Sc/c1-8-7-9(2)11(10(8)3)12(4,5)6;2*1-8-6-4-5-7-9(8)10(2)3;/h11H,1-6H3;2*4-7H,1H2,2-3H3;/q3*-1;. The SMILES string of the molecule is CC1=[C-]C(C)=C(C)C1[Si](C)(C)C.[CH2-]c1ccccc1N(C)C.[CH2-]c1ccccc1N(C)C.[Sc]. The Hall–Kier alpha value is -1.65. The Morgan fingerprint density at radius 3 is 1.27 bits per heavy atom. The van der Waals surface area contributed by atoms with Gasteiger partial charge in [0.1, 0.15) is 0 Å². The van der Waals surface area contributed by atoms with Gasteiger partial charge in [-0.25, -0.2) is 17.2 Å². The third-order valence-electron chi connectivity index (χ3n) is 5.66. The number of anilines is 2. The predicted octanol–water partition coefficient (Wildman–Crippen LogP) is 7.66. The molecule has 1 aliphatic rings. The van der Waals surface area contributed by atoms with Crippen molar-refractivity contribution in [2.45, 2.75) is 46.0 Å². The minimum absolute atomic E-state index is 0. The first kappa shape index (κ1) is 31.3. The third kappa shape index (κ3) is 9.62. The van der Waals surface area contributed by atoms with E-state index in [4.69, 9.17) is 0 Å². The molecule has 0 heterocycles. The molecule has 1 unspecified atom stereocenters. The molecule has 0 aromatic heterocycles. The van der Waals surface area contributed by atoms with E-state index < -0.39 is 8.07 Å². The van der Waals surface area contributed by atoms with Crippen molar-refractivity contribution in [2.75, 3.05) is 38.0 Å². The fourth-order valence-corrected chi connectivity index (χ4v) is 7.09. The van der Waals surface area contributed by atoms with Crippen molar-refractivity contribution in [3.63, 3.8) is 0 Å². The number of hydrogen-bond donors (Lipinski definition) is 0. The van der Waals surface area contributed by atoms with Crippen molar-refractivity contribution < 1.29 is 25.8 Å². The van der Waals surface area contributed by atoms with Crippen LogP contribution in [-0.4, -0.2) is 36.3 Å². The van der Waals surface area contributed by atoms with E-state index in [0.29, 0.717) is 0 Å². The monoisotopic (exact) mass is 492 g/mol. The molecule has 0 fully saturated rings. The first-order chi connectivity index (χ1) is 14.8. The zero-order valence-electron chi connectivity index (χ0n) is 22.6. The largest absolute Gasteiger partial charge is 0.428 e. The Labute approximate surface area is 224 Å². The first-order valence-electron chi connectivity index (χ1n) is 11.2. The van der Waals surface area contributed by atoms with Gasteiger partial charge in [-0.05, 0) is 28.2 Å². The van der Waals surface area contributed by atoms with Crippen LogP contribution in [0.4, 0.5) is 11.4 Å². The van der Waals surface area contributed by atoms with Gasteiger partial charge in [0.2, 0.25) is 0 Å². The molecule has 0 aliphatic heterocycles. The van der Waals surface area contributed by atoms with Gasteiger partial charge in [-0.1, -0.05) is 74.7 Å². The van der Waals surface area contributed by atoms with E-state index in [0.717, 1.165) is 16.7 Å². The maximum absolute atomic E-state index is 3.90. The normalized spacial score (nSPS) is 14.7. The Morgan fingerprint density at radius 2 is 1.09 bits per heavy atom. The molecule has 3 rings (SSSR count). The van der Waals surface area contributed by atoms with Crippen LogP contribution in [0.25, 0.3) is 0 Å². The summed E-state index contributed by atoms with van der Waals surface area (Å²) >= 11 is 0. The van der Waals surface area contributed by atoms with Crippen molar-refractivity contribution in [3.05, 3.63) is 96.3 Å². The fraction of sp³-hybridized carbons (Fsp3) is 0.379. The van der Waals surface area contributed by atoms with Gasteiger partial charge in [0.15, 0.2) is 0 Å². The van der Waals surface area contributed by atoms with E-state index in [1.807, 2.05) is 64.6 Å². The van der Waals surface area contributed by atoms with Crippen LogP contribution in [0.5, 0.6) is 0 Å². The van der Waals surface area contributed by atoms with Crippen LogP contribution in [-0.2, 0) is 25.8 Å². The average Bonchev–Trinajstić information content (AvgIpc) is 2.94. The molecular formula is C29H43N2ScSi-3. The van der Waals surface area contributed by atoms with Gasteiger partial charge in [0.05, 0.1) is 0 Å². The van der Waals surface area contributed by atoms with E-state index >= 15 is 0 Å². The van der Waals surface area contributed by atoms with Gasteiger partial charge in [-0.15, -0.1) is 19.1 Å². The van der Waals surface area contributed by atoms with Crippen molar-refractivity contribution in [1.29, 1.82) is 0 Å². The predicted molar refractivity (Wildman–Crippen MR) is 148 cm³/mol. The summed E-state index contributed by atoms with van der Waals surface area (Å²) in [5.41, 5.74) is 9.67. The van der Waals surface area contributed by atoms with Gasteiger partial charge in [0.25, 0.3) is 0 Å². The minimum atomic E-state index is -1.05. The summed E-state index contributed by atoms with van der Waals surface area (Å²) in [6.45, 7) is 21.8.